The molecule has 0 amide bonds. The molecular formula is C12H16N2O2S. The number of ether oxygens (including phenoxy) is 1. The van der Waals surface area contributed by atoms with Crippen LogP contribution in [0.4, 0.5) is 5.69 Å². The van der Waals surface area contributed by atoms with Crippen LogP contribution in [0.15, 0.2) is 24.3 Å². The topological polar surface area (TPSA) is 55.6 Å². The van der Waals surface area contributed by atoms with Crippen LogP contribution in [0, 0.1) is 0 Å². The number of benzene rings is 1. The number of rotatable bonds is 5. The van der Waals surface area contributed by atoms with E-state index in [1.54, 1.807) is 0 Å². The largest absolute Gasteiger partial charge is 0.469 e. The molecule has 0 bridgehead atoms. The number of hydrogen-bond donors (Lipinski definition) is 1. The van der Waals surface area contributed by atoms with Crippen LogP contribution in [0.5, 0.6) is 0 Å². The minimum atomic E-state index is -0.220. The fourth-order valence-electron chi connectivity index (χ4n) is 1.39. The van der Waals surface area contributed by atoms with Gasteiger partial charge in [0.05, 0.1) is 13.5 Å². The van der Waals surface area contributed by atoms with Crippen LogP contribution in [-0.2, 0) is 9.53 Å². The zero-order chi connectivity index (χ0) is 12.8. The number of methoxy groups -OCH3 is 1. The van der Waals surface area contributed by atoms with Gasteiger partial charge in [0.2, 0.25) is 0 Å². The molecule has 4 nitrogen and oxygen atoms in total. The van der Waals surface area contributed by atoms with E-state index >= 15 is 0 Å². The van der Waals surface area contributed by atoms with Crippen molar-refractivity contribution in [2.24, 2.45) is 5.73 Å². The van der Waals surface area contributed by atoms with Crippen molar-refractivity contribution in [1.82, 2.24) is 0 Å². The maximum atomic E-state index is 11.0. The number of anilines is 1. The molecule has 0 aliphatic carbocycles. The van der Waals surface area contributed by atoms with Crippen LogP contribution in [0.25, 0.3) is 0 Å². The van der Waals surface area contributed by atoms with Crippen molar-refractivity contribution in [3.63, 3.8) is 0 Å². The van der Waals surface area contributed by atoms with Crippen molar-refractivity contribution in [1.29, 1.82) is 0 Å². The SMILES string of the molecule is COC(=O)CCN(C)c1cccc(C(N)=S)c1. The first-order valence-corrected chi connectivity index (χ1v) is 5.63. The number of hydrogen-bond acceptors (Lipinski definition) is 4. The molecule has 1 rings (SSSR count). The van der Waals surface area contributed by atoms with Crippen LogP contribution in [-0.4, -0.2) is 31.7 Å². The zero-order valence-corrected chi connectivity index (χ0v) is 10.8. The van der Waals surface area contributed by atoms with Crippen molar-refractivity contribution in [3.05, 3.63) is 29.8 Å². The minimum absolute atomic E-state index is 0.220. The fourth-order valence-corrected chi connectivity index (χ4v) is 1.51. The van der Waals surface area contributed by atoms with Gasteiger partial charge in [-0.1, -0.05) is 24.4 Å². The molecule has 0 fully saturated rings. The standard InChI is InChI=1S/C12H16N2O2S/c1-14(7-6-11(15)16-2)10-5-3-4-9(8-10)12(13)17/h3-5,8H,6-7H2,1-2H3,(H2,13,17). The van der Waals surface area contributed by atoms with Crippen molar-refractivity contribution < 1.29 is 9.53 Å². The van der Waals surface area contributed by atoms with Crippen LogP contribution in [0.3, 0.4) is 0 Å². The third-order valence-corrected chi connectivity index (χ3v) is 2.69. The molecule has 0 aliphatic heterocycles. The van der Waals surface area contributed by atoms with Crippen LogP contribution in [0.1, 0.15) is 12.0 Å². The lowest BCUT2D eigenvalue weighted by Gasteiger charge is -2.19. The summed E-state index contributed by atoms with van der Waals surface area (Å²) < 4.78 is 4.59. The van der Waals surface area contributed by atoms with Gasteiger partial charge in [0.15, 0.2) is 0 Å². The van der Waals surface area contributed by atoms with Crippen molar-refractivity contribution >= 4 is 28.9 Å². The molecule has 1 aromatic rings. The Balaban J connectivity index is 2.68. The summed E-state index contributed by atoms with van der Waals surface area (Å²) in [7, 11) is 3.29. The number of esters is 1. The molecule has 0 unspecified atom stereocenters. The predicted octanol–water partition coefficient (Wildman–Crippen LogP) is 1.32. The molecule has 0 atom stereocenters. The second kappa shape index (κ2) is 6.20. The van der Waals surface area contributed by atoms with E-state index in [9.17, 15) is 4.79 Å². The molecule has 5 heteroatoms. The van der Waals surface area contributed by atoms with Crippen LogP contribution in [0.2, 0.25) is 0 Å². The van der Waals surface area contributed by atoms with Gasteiger partial charge in [0.1, 0.15) is 4.99 Å². The van der Waals surface area contributed by atoms with Gasteiger partial charge in [-0.05, 0) is 12.1 Å². The first-order valence-electron chi connectivity index (χ1n) is 5.22. The maximum Gasteiger partial charge on any atom is 0.307 e. The quantitative estimate of drug-likeness (QED) is 0.632. The average molecular weight is 252 g/mol. The number of nitrogens with two attached hydrogens (primary N) is 1. The van der Waals surface area contributed by atoms with Crippen molar-refractivity contribution in [3.8, 4) is 0 Å². The summed E-state index contributed by atoms with van der Waals surface area (Å²) in [5.41, 5.74) is 7.36. The van der Waals surface area contributed by atoms with Gasteiger partial charge in [-0.15, -0.1) is 0 Å². The van der Waals surface area contributed by atoms with Crippen molar-refractivity contribution in [2.45, 2.75) is 6.42 Å². The highest BCUT2D eigenvalue weighted by Gasteiger charge is 2.06. The molecular weight excluding hydrogens is 236 g/mol. The molecule has 0 aromatic heterocycles. The zero-order valence-electron chi connectivity index (χ0n) is 9.97. The molecule has 17 heavy (non-hydrogen) atoms. The van der Waals surface area contributed by atoms with Gasteiger partial charge < -0.3 is 15.4 Å². The second-order valence-electron chi connectivity index (χ2n) is 3.66. The van der Waals surface area contributed by atoms with E-state index in [2.05, 4.69) is 4.74 Å². The normalized spacial score (nSPS) is 9.76. The van der Waals surface area contributed by atoms with E-state index in [1.165, 1.54) is 7.11 Å². The molecule has 92 valence electrons. The lowest BCUT2D eigenvalue weighted by molar-refractivity contribution is -0.140. The van der Waals surface area contributed by atoms with E-state index in [4.69, 9.17) is 18.0 Å². The Labute approximate surface area is 106 Å². The molecule has 0 heterocycles. The Hall–Kier alpha value is -1.62. The fraction of sp³-hybridized carbons (Fsp3) is 0.333. The highest BCUT2D eigenvalue weighted by atomic mass is 32.1. The van der Waals surface area contributed by atoms with Crippen LogP contribution >= 0.6 is 12.2 Å². The summed E-state index contributed by atoms with van der Waals surface area (Å²) in [6, 6.07) is 7.59. The number of carbonyl (C=O) groups is 1. The maximum absolute atomic E-state index is 11.0. The molecule has 0 saturated heterocycles. The molecule has 0 saturated carbocycles. The Morgan fingerprint density at radius 2 is 2.24 bits per heavy atom. The number of carbonyl (C=O) groups excluding carboxylic acids is 1. The average Bonchev–Trinajstić information content (AvgIpc) is 2.35. The van der Waals surface area contributed by atoms with Gasteiger partial charge in [-0.2, -0.15) is 0 Å². The van der Waals surface area contributed by atoms with E-state index in [0.29, 0.717) is 18.0 Å². The molecule has 0 aliphatic rings. The summed E-state index contributed by atoms with van der Waals surface area (Å²) in [5, 5.41) is 0. The Kier molecular flexibility index (Phi) is 4.90. The van der Waals surface area contributed by atoms with E-state index in [1.807, 2.05) is 36.2 Å². The summed E-state index contributed by atoms with van der Waals surface area (Å²) in [5.74, 6) is -0.220. The third kappa shape index (κ3) is 4.03. The summed E-state index contributed by atoms with van der Waals surface area (Å²) >= 11 is 4.92. The Morgan fingerprint density at radius 1 is 1.53 bits per heavy atom. The minimum Gasteiger partial charge on any atom is -0.469 e. The Bertz CT molecular complexity index is 421. The van der Waals surface area contributed by atoms with E-state index < -0.39 is 0 Å². The second-order valence-corrected chi connectivity index (χ2v) is 4.10. The number of nitrogens with zero attached hydrogens (tertiary/aromatic N) is 1. The van der Waals surface area contributed by atoms with Crippen LogP contribution < -0.4 is 10.6 Å². The summed E-state index contributed by atoms with van der Waals surface area (Å²) in [6.45, 7) is 0.591. The summed E-state index contributed by atoms with van der Waals surface area (Å²) in [4.78, 5) is 13.4. The van der Waals surface area contributed by atoms with Gasteiger partial charge >= 0.3 is 5.97 Å². The smallest absolute Gasteiger partial charge is 0.307 e. The number of thiocarbonyl (C=S) groups is 1. The summed E-state index contributed by atoms with van der Waals surface area (Å²) in [6.07, 6.45) is 0.351. The van der Waals surface area contributed by atoms with Gasteiger partial charge in [-0.25, -0.2) is 0 Å². The van der Waals surface area contributed by atoms with Gasteiger partial charge in [0, 0.05) is 24.8 Å². The monoisotopic (exact) mass is 252 g/mol. The molecule has 0 spiro atoms. The highest BCUT2D eigenvalue weighted by Crippen LogP contribution is 2.15. The lowest BCUT2D eigenvalue weighted by Crippen LogP contribution is -2.22. The molecule has 2 N–H and O–H groups in total. The first-order chi connectivity index (χ1) is 8.04. The first kappa shape index (κ1) is 13.4. The highest BCUT2D eigenvalue weighted by molar-refractivity contribution is 7.80. The van der Waals surface area contributed by atoms with E-state index in [-0.39, 0.29) is 5.97 Å². The predicted molar refractivity (Wildman–Crippen MR) is 72.2 cm³/mol. The van der Waals surface area contributed by atoms with Crippen molar-refractivity contribution in [2.75, 3.05) is 25.6 Å². The third-order valence-electron chi connectivity index (χ3n) is 2.45. The van der Waals surface area contributed by atoms with E-state index in [0.717, 1.165) is 11.3 Å². The Morgan fingerprint density at radius 3 is 2.82 bits per heavy atom. The lowest BCUT2D eigenvalue weighted by atomic mass is 10.2. The van der Waals surface area contributed by atoms with Gasteiger partial charge in [0.25, 0.3) is 0 Å². The molecule has 0 radical (unpaired) electrons. The molecule has 1 aromatic carbocycles. The van der Waals surface area contributed by atoms with Gasteiger partial charge in [-0.3, -0.25) is 4.79 Å².